The van der Waals surface area contributed by atoms with Crippen molar-refractivity contribution >= 4 is 6.29 Å². The molecule has 1 aliphatic rings. The summed E-state index contributed by atoms with van der Waals surface area (Å²) in [6.07, 6.45) is -5.55. The van der Waals surface area contributed by atoms with Crippen LogP contribution in [0, 0.1) is 11.3 Å². The lowest BCUT2D eigenvalue weighted by molar-refractivity contribution is -0.337. The molecule has 1 aliphatic heterocycles. The third kappa shape index (κ3) is 12.2. The van der Waals surface area contributed by atoms with Gasteiger partial charge >= 0.3 is 0 Å². The molecule has 0 aromatic heterocycles. The van der Waals surface area contributed by atoms with E-state index in [1.54, 1.807) is 0 Å². The molecule has 0 saturated carbocycles. The number of nitriles is 1. The molecule has 9 nitrogen and oxygen atoms in total. The maximum atomic E-state index is 11.9. The summed E-state index contributed by atoms with van der Waals surface area (Å²) in [5.41, 5.74) is 4.77. The summed E-state index contributed by atoms with van der Waals surface area (Å²) in [6, 6.07) is 51.2. The van der Waals surface area contributed by atoms with Gasteiger partial charge in [0.2, 0.25) is 0 Å². The van der Waals surface area contributed by atoms with Crippen molar-refractivity contribution in [2.24, 2.45) is 0 Å². The highest BCUT2D eigenvalue weighted by molar-refractivity contribution is 5.50. The lowest BCUT2D eigenvalue weighted by atomic mass is 9.97. The molecule has 0 unspecified atom stereocenters. The average molecular weight is 742 g/mol. The minimum absolute atomic E-state index is 0.0618. The largest absolute Gasteiger partial charge is 0.374 e. The number of aldehydes is 1. The second-order valence-electron chi connectivity index (χ2n) is 13.3. The molecule has 0 radical (unpaired) electrons. The molecule has 5 aromatic carbocycles. The fourth-order valence-electron chi connectivity index (χ4n) is 6.35. The first-order valence-electron chi connectivity index (χ1n) is 18.6. The van der Waals surface area contributed by atoms with E-state index in [4.69, 9.17) is 33.2 Å². The van der Waals surface area contributed by atoms with Crippen LogP contribution in [0.15, 0.2) is 152 Å². The predicted molar refractivity (Wildman–Crippen MR) is 206 cm³/mol. The number of benzene rings is 5. The van der Waals surface area contributed by atoms with Crippen LogP contribution in [0.25, 0.3) is 0 Å². The van der Waals surface area contributed by atoms with Gasteiger partial charge in [0.05, 0.1) is 45.7 Å². The third-order valence-electron chi connectivity index (χ3n) is 9.22. The Kier molecular flexibility index (Phi) is 15.7. The summed E-state index contributed by atoms with van der Waals surface area (Å²) in [5, 5.41) is 10.5. The topological polar surface area (TPSA) is 105 Å². The fraction of sp³-hybridized carbons (Fsp3) is 0.304. The van der Waals surface area contributed by atoms with E-state index in [0.29, 0.717) is 6.61 Å². The van der Waals surface area contributed by atoms with E-state index in [-0.39, 0.29) is 39.5 Å². The first-order valence-corrected chi connectivity index (χ1v) is 18.6. The molecule has 0 N–H and O–H groups in total. The number of ether oxygens (including phenoxy) is 7. The van der Waals surface area contributed by atoms with Gasteiger partial charge in [-0.3, -0.25) is 0 Å². The van der Waals surface area contributed by atoms with Crippen LogP contribution in [-0.4, -0.2) is 55.8 Å². The third-order valence-corrected chi connectivity index (χ3v) is 9.22. The molecule has 1 saturated heterocycles. The number of carbonyl (C=O) groups excluding carboxylic acids is 1. The first-order chi connectivity index (χ1) is 27.2. The quantitative estimate of drug-likeness (QED) is 0.0698. The molecule has 0 amide bonds. The molecule has 5 aromatic rings. The summed E-state index contributed by atoms with van der Waals surface area (Å²) >= 11 is 0. The summed E-state index contributed by atoms with van der Waals surface area (Å²) in [6.45, 7) is 1.40. The number of carbonyl (C=O) groups is 1. The second kappa shape index (κ2) is 21.8. The standard InChI is InChI=1S/C46H47NO8/c47-28-41(40(26-27-48)50-30-36-18-8-2-9-19-36)54-46-45(53-33-39-24-14-5-15-25-39)44(52-32-38-22-12-4-13-23-38)43(51-31-37-20-10-3-11-21-37)42(55-46)34-49-29-35-16-6-1-7-17-35/h1-25,27,40-46H,26,29-34H2/t40-,41-,42-,43+,44+,45-,46-/m1/s1. The number of nitrogens with zero attached hydrogens (tertiary/aromatic N) is 1. The summed E-state index contributed by atoms with van der Waals surface area (Å²) in [7, 11) is 0. The van der Waals surface area contributed by atoms with Crippen LogP contribution < -0.4 is 0 Å². The Morgan fingerprint density at radius 2 is 0.982 bits per heavy atom. The second-order valence-corrected chi connectivity index (χ2v) is 13.3. The summed E-state index contributed by atoms with van der Waals surface area (Å²) in [5.74, 6) is 0. The van der Waals surface area contributed by atoms with E-state index in [2.05, 4.69) is 6.07 Å². The van der Waals surface area contributed by atoms with Crippen molar-refractivity contribution in [1.29, 1.82) is 5.26 Å². The SMILES string of the molecule is N#C[C@@H](O[C@@H]1O[C@H](COCc2ccccc2)[C@H](OCc2ccccc2)[C@H](OCc2ccccc2)[C@H]1OCc1ccccc1)[C@@H](CC=O)OCc1ccccc1. The lowest BCUT2D eigenvalue weighted by Gasteiger charge is -2.46. The molecule has 55 heavy (non-hydrogen) atoms. The zero-order valence-electron chi connectivity index (χ0n) is 30.7. The van der Waals surface area contributed by atoms with E-state index < -0.39 is 42.9 Å². The minimum Gasteiger partial charge on any atom is -0.374 e. The van der Waals surface area contributed by atoms with E-state index >= 15 is 0 Å². The van der Waals surface area contributed by atoms with Gasteiger partial charge in [0.15, 0.2) is 12.4 Å². The zero-order chi connectivity index (χ0) is 37.9. The van der Waals surface area contributed by atoms with Crippen LogP contribution in [0.2, 0.25) is 0 Å². The molecule has 1 fully saturated rings. The smallest absolute Gasteiger partial charge is 0.188 e. The number of hydrogen-bond acceptors (Lipinski definition) is 9. The van der Waals surface area contributed by atoms with Crippen molar-refractivity contribution < 1.29 is 38.0 Å². The maximum Gasteiger partial charge on any atom is 0.188 e. The highest BCUT2D eigenvalue weighted by Gasteiger charge is 2.50. The Balaban J connectivity index is 1.32. The van der Waals surface area contributed by atoms with Crippen LogP contribution in [0.1, 0.15) is 34.2 Å². The highest BCUT2D eigenvalue weighted by Crippen LogP contribution is 2.33. The minimum atomic E-state index is -1.19. The first kappa shape index (κ1) is 39.7. The Bertz CT molecular complexity index is 1840. The Hall–Kier alpha value is -5.02. The molecular formula is C46H47NO8. The van der Waals surface area contributed by atoms with E-state index in [1.807, 2.05) is 152 Å². The molecular weight excluding hydrogens is 695 g/mol. The molecule has 0 spiro atoms. The fourth-order valence-corrected chi connectivity index (χ4v) is 6.35. The van der Waals surface area contributed by atoms with Crippen LogP contribution >= 0.6 is 0 Å². The average Bonchev–Trinajstić information content (AvgIpc) is 3.24. The normalized spacial score (nSPS) is 20.6. The van der Waals surface area contributed by atoms with Gasteiger partial charge in [0.25, 0.3) is 0 Å². The Morgan fingerprint density at radius 3 is 1.44 bits per heavy atom. The molecule has 0 bridgehead atoms. The van der Waals surface area contributed by atoms with Gasteiger partial charge in [-0.25, -0.2) is 0 Å². The Morgan fingerprint density at radius 1 is 0.564 bits per heavy atom. The van der Waals surface area contributed by atoms with Crippen molar-refractivity contribution in [3.05, 3.63) is 179 Å². The van der Waals surface area contributed by atoms with Crippen molar-refractivity contribution in [2.45, 2.75) is 82.4 Å². The van der Waals surface area contributed by atoms with Gasteiger partial charge in [-0.15, -0.1) is 0 Å². The predicted octanol–water partition coefficient (Wildman–Crippen LogP) is 7.77. The molecule has 6 rings (SSSR count). The van der Waals surface area contributed by atoms with Crippen LogP contribution in [0.4, 0.5) is 0 Å². The van der Waals surface area contributed by atoms with Crippen molar-refractivity contribution in [2.75, 3.05) is 6.61 Å². The van der Waals surface area contributed by atoms with E-state index in [9.17, 15) is 10.1 Å². The van der Waals surface area contributed by atoms with E-state index in [1.165, 1.54) is 0 Å². The van der Waals surface area contributed by atoms with Gasteiger partial charge in [0.1, 0.15) is 36.8 Å². The van der Waals surface area contributed by atoms with Gasteiger partial charge in [0, 0.05) is 6.42 Å². The van der Waals surface area contributed by atoms with Crippen molar-refractivity contribution in [3.63, 3.8) is 0 Å². The molecule has 7 atom stereocenters. The lowest BCUT2D eigenvalue weighted by Crippen LogP contribution is -2.62. The van der Waals surface area contributed by atoms with Gasteiger partial charge in [-0.2, -0.15) is 5.26 Å². The molecule has 0 aliphatic carbocycles. The molecule has 284 valence electrons. The zero-order valence-corrected chi connectivity index (χ0v) is 30.7. The maximum absolute atomic E-state index is 11.9. The molecule has 1 heterocycles. The van der Waals surface area contributed by atoms with Crippen LogP contribution in [-0.2, 0) is 71.0 Å². The summed E-state index contributed by atoms with van der Waals surface area (Å²) in [4.78, 5) is 11.9. The van der Waals surface area contributed by atoms with Gasteiger partial charge in [-0.05, 0) is 27.8 Å². The van der Waals surface area contributed by atoms with Crippen LogP contribution in [0.3, 0.4) is 0 Å². The van der Waals surface area contributed by atoms with Crippen molar-refractivity contribution in [3.8, 4) is 6.07 Å². The highest BCUT2D eigenvalue weighted by atomic mass is 16.7. The molecule has 9 heteroatoms. The Labute approximate surface area is 323 Å². The summed E-state index contributed by atoms with van der Waals surface area (Å²) < 4.78 is 45.9. The number of hydrogen-bond donors (Lipinski definition) is 0. The monoisotopic (exact) mass is 741 g/mol. The van der Waals surface area contributed by atoms with E-state index in [0.717, 1.165) is 34.1 Å². The van der Waals surface area contributed by atoms with Gasteiger partial charge < -0.3 is 38.0 Å². The van der Waals surface area contributed by atoms with Crippen molar-refractivity contribution in [1.82, 2.24) is 0 Å². The number of rotatable bonds is 21. The van der Waals surface area contributed by atoms with Gasteiger partial charge in [-0.1, -0.05) is 152 Å². The van der Waals surface area contributed by atoms with Crippen LogP contribution in [0.5, 0.6) is 0 Å².